The van der Waals surface area contributed by atoms with E-state index in [4.69, 9.17) is 14.2 Å². The number of hydrogen-bond donors (Lipinski definition) is 0. The second kappa shape index (κ2) is 12.1. The van der Waals surface area contributed by atoms with Crippen molar-refractivity contribution in [2.75, 3.05) is 39.4 Å². The van der Waals surface area contributed by atoms with Gasteiger partial charge in [0.2, 0.25) is 0 Å². The first kappa shape index (κ1) is 24.4. The summed E-state index contributed by atoms with van der Waals surface area (Å²) >= 11 is 0. The van der Waals surface area contributed by atoms with Crippen LogP contribution in [0, 0.1) is 5.92 Å². The van der Waals surface area contributed by atoms with Crippen molar-refractivity contribution in [3.8, 4) is 11.5 Å². The Labute approximate surface area is 195 Å². The third-order valence-corrected chi connectivity index (χ3v) is 5.19. The maximum Gasteiger partial charge on any atom is 0.409 e. The maximum absolute atomic E-state index is 13.2. The van der Waals surface area contributed by atoms with Crippen molar-refractivity contribution in [3.05, 3.63) is 53.9 Å². The summed E-state index contributed by atoms with van der Waals surface area (Å²) in [7, 11) is 0. The Morgan fingerprint density at radius 3 is 2.55 bits per heavy atom. The molecule has 1 fully saturated rings. The van der Waals surface area contributed by atoms with Gasteiger partial charge in [0, 0.05) is 49.7 Å². The molecule has 0 unspecified atom stereocenters. The molecule has 0 radical (unpaired) electrons. The highest BCUT2D eigenvalue weighted by atomic mass is 16.6. The highest BCUT2D eigenvalue weighted by Crippen LogP contribution is 2.30. The van der Waals surface area contributed by atoms with Crippen molar-refractivity contribution < 1.29 is 23.8 Å². The lowest BCUT2D eigenvalue weighted by Gasteiger charge is -2.22. The van der Waals surface area contributed by atoms with Gasteiger partial charge in [-0.2, -0.15) is 0 Å². The minimum Gasteiger partial charge on any atom is -0.490 e. The molecule has 1 aromatic heterocycles. The van der Waals surface area contributed by atoms with E-state index in [0.717, 1.165) is 5.56 Å². The maximum atomic E-state index is 13.2. The Morgan fingerprint density at radius 2 is 1.82 bits per heavy atom. The number of nitrogens with zero attached hydrogens (tertiary/aromatic N) is 3. The normalized spacial score (nSPS) is 14.1. The first-order chi connectivity index (χ1) is 16.0. The molecule has 1 aliphatic rings. The van der Waals surface area contributed by atoms with Gasteiger partial charge in [0.1, 0.15) is 6.61 Å². The Kier molecular flexibility index (Phi) is 8.92. The zero-order chi connectivity index (χ0) is 23.6. The topological polar surface area (TPSA) is 81.2 Å². The van der Waals surface area contributed by atoms with Gasteiger partial charge in [-0.25, -0.2) is 4.79 Å². The molecule has 1 saturated heterocycles. The van der Waals surface area contributed by atoms with Crippen molar-refractivity contribution in [1.82, 2.24) is 14.8 Å². The average Bonchev–Trinajstić information content (AvgIpc) is 3.08. The van der Waals surface area contributed by atoms with E-state index in [1.54, 1.807) is 40.4 Å². The number of rotatable bonds is 8. The summed E-state index contributed by atoms with van der Waals surface area (Å²) in [6.07, 6.45) is 3.85. The molecule has 8 heteroatoms. The van der Waals surface area contributed by atoms with Crippen LogP contribution in [0.2, 0.25) is 0 Å². The van der Waals surface area contributed by atoms with Gasteiger partial charge in [0.15, 0.2) is 11.5 Å². The van der Waals surface area contributed by atoms with Gasteiger partial charge in [-0.1, -0.05) is 19.9 Å². The molecule has 2 amide bonds. The fourth-order valence-corrected chi connectivity index (χ4v) is 3.49. The van der Waals surface area contributed by atoms with Crippen LogP contribution in [-0.4, -0.2) is 66.2 Å². The minimum absolute atomic E-state index is 0.0906. The van der Waals surface area contributed by atoms with Gasteiger partial charge in [-0.3, -0.25) is 9.78 Å². The summed E-state index contributed by atoms with van der Waals surface area (Å²) in [5.41, 5.74) is 1.48. The molecule has 33 heavy (non-hydrogen) atoms. The number of hydrogen-bond acceptors (Lipinski definition) is 6. The third-order valence-electron chi connectivity index (χ3n) is 5.19. The number of benzene rings is 1. The van der Waals surface area contributed by atoms with Crippen LogP contribution < -0.4 is 9.47 Å². The van der Waals surface area contributed by atoms with Crippen LogP contribution >= 0.6 is 0 Å². The predicted octanol–water partition coefficient (Wildman–Crippen LogP) is 4.00. The Balaban J connectivity index is 1.63. The number of pyridine rings is 1. The van der Waals surface area contributed by atoms with Crippen molar-refractivity contribution in [2.45, 2.75) is 33.8 Å². The van der Waals surface area contributed by atoms with E-state index >= 15 is 0 Å². The van der Waals surface area contributed by atoms with Crippen LogP contribution in [0.3, 0.4) is 0 Å². The van der Waals surface area contributed by atoms with Crippen LogP contribution in [0.1, 0.15) is 43.1 Å². The summed E-state index contributed by atoms with van der Waals surface area (Å²) in [4.78, 5) is 33.0. The Bertz CT molecular complexity index is 920. The molecular formula is C25H33N3O5. The predicted molar refractivity (Wildman–Crippen MR) is 124 cm³/mol. The quantitative estimate of drug-likeness (QED) is 0.599. The van der Waals surface area contributed by atoms with Gasteiger partial charge in [-0.15, -0.1) is 0 Å². The zero-order valence-electron chi connectivity index (χ0n) is 19.7. The second-order valence-corrected chi connectivity index (χ2v) is 8.35. The highest BCUT2D eigenvalue weighted by molar-refractivity contribution is 5.95. The highest BCUT2D eigenvalue weighted by Gasteiger charge is 2.24. The number of carbonyl (C=O) groups is 2. The molecular weight excluding hydrogens is 422 g/mol. The molecule has 0 atom stereocenters. The lowest BCUT2D eigenvalue weighted by atomic mass is 10.1. The smallest absolute Gasteiger partial charge is 0.409 e. The SMILES string of the molecule is CCOc1cc(C(=O)N2CCCN(C(=O)OCC(C)C)CC2)ccc1OCc1cccnc1. The lowest BCUT2D eigenvalue weighted by molar-refractivity contribution is 0.0746. The molecule has 2 aromatic rings. The lowest BCUT2D eigenvalue weighted by Crippen LogP contribution is -2.38. The minimum atomic E-state index is -0.313. The van der Waals surface area contributed by atoms with Gasteiger partial charge in [-0.05, 0) is 43.5 Å². The van der Waals surface area contributed by atoms with E-state index in [2.05, 4.69) is 4.98 Å². The molecule has 0 saturated carbocycles. The van der Waals surface area contributed by atoms with Crippen LogP contribution in [0.5, 0.6) is 11.5 Å². The van der Waals surface area contributed by atoms with Crippen molar-refractivity contribution >= 4 is 12.0 Å². The molecule has 2 heterocycles. The molecule has 0 aliphatic carbocycles. The molecule has 1 aliphatic heterocycles. The third kappa shape index (κ3) is 7.10. The first-order valence-electron chi connectivity index (χ1n) is 11.5. The van der Waals surface area contributed by atoms with Crippen molar-refractivity contribution in [3.63, 3.8) is 0 Å². The zero-order valence-corrected chi connectivity index (χ0v) is 19.7. The molecule has 0 spiro atoms. The van der Waals surface area contributed by atoms with Crippen molar-refractivity contribution in [2.24, 2.45) is 5.92 Å². The van der Waals surface area contributed by atoms with E-state index in [0.29, 0.717) is 69.5 Å². The summed E-state index contributed by atoms with van der Waals surface area (Å²) in [5, 5.41) is 0. The molecule has 1 aromatic carbocycles. The summed E-state index contributed by atoms with van der Waals surface area (Å²) in [6, 6.07) is 9.04. The van der Waals surface area contributed by atoms with Gasteiger partial charge < -0.3 is 24.0 Å². The number of amides is 2. The number of carbonyl (C=O) groups excluding carboxylic acids is 2. The van der Waals surface area contributed by atoms with Crippen LogP contribution in [-0.2, 0) is 11.3 Å². The van der Waals surface area contributed by atoms with E-state index in [9.17, 15) is 9.59 Å². The van der Waals surface area contributed by atoms with Gasteiger partial charge in [0.25, 0.3) is 5.91 Å². The fraction of sp³-hybridized carbons (Fsp3) is 0.480. The van der Waals surface area contributed by atoms with Crippen molar-refractivity contribution in [1.29, 1.82) is 0 Å². The van der Waals surface area contributed by atoms with Crippen LogP contribution in [0.4, 0.5) is 4.79 Å². The molecule has 3 rings (SSSR count). The second-order valence-electron chi connectivity index (χ2n) is 8.35. The molecule has 178 valence electrons. The van der Waals surface area contributed by atoms with E-state index in [-0.39, 0.29) is 17.9 Å². The average molecular weight is 456 g/mol. The van der Waals surface area contributed by atoms with E-state index < -0.39 is 0 Å². The van der Waals surface area contributed by atoms with E-state index in [1.807, 2.05) is 32.9 Å². The van der Waals surface area contributed by atoms with Crippen LogP contribution in [0.25, 0.3) is 0 Å². The molecule has 8 nitrogen and oxygen atoms in total. The summed E-state index contributed by atoms with van der Waals surface area (Å²) < 4.78 is 17.0. The molecule has 0 bridgehead atoms. The monoisotopic (exact) mass is 455 g/mol. The number of aromatic nitrogens is 1. The fourth-order valence-electron chi connectivity index (χ4n) is 3.49. The van der Waals surface area contributed by atoms with Gasteiger partial charge >= 0.3 is 6.09 Å². The Morgan fingerprint density at radius 1 is 1.03 bits per heavy atom. The largest absolute Gasteiger partial charge is 0.490 e. The summed E-state index contributed by atoms with van der Waals surface area (Å²) in [5.74, 6) is 1.30. The summed E-state index contributed by atoms with van der Waals surface area (Å²) in [6.45, 7) is 9.17. The Hall–Kier alpha value is -3.29. The molecule has 0 N–H and O–H groups in total. The van der Waals surface area contributed by atoms with Gasteiger partial charge in [0.05, 0.1) is 13.2 Å². The number of ether oxygens (including phenoxy) is 3. The van der Waals surface area contributed by atoms with E-state index in [1.165, 1.54) is 0 Å². The first-order valence-corrected chi connectivity index (χ1v) is 11.5. The van der Waals surface area contributed by atoms with Crippen LogP contribution in [0.15, 0.2) is 42.7 Å². The standard InChI is InChI=1S/C25H33N3O5/c1-4-31-23-15-21(8-9-22(23)32-18-20-7-5-10-26-16-20)24(29)27-11-6-12-28(14-13-27)25(30)33-17-19(2)3/h5,7-10,15-16,19H,4,6,11-14,17-18H2,1-3H3.